The molecule has 11 heteroatoms. The molecule has 1 N–H and O–H groups in total. The number of aromatic nitrogens is 3. The molecule has 4 aromatic rings. The average molecular weight is 534 g/mol. The van der Waals surface area contributed by atoms with Gasteiger partial charge in [-0.05, 0) is 43.3 Å². The number of anilines is 1. The lowest BCUT2D eigenvalue weighted by atomic mass is 10.1. The number of benzene rings is 2. The Balaban J connectivity index is 1.38. The van der Waals surface area contributed by atoms with E-state index in [0.29, 0.717) is 52.7 Å². The lowest BCUT2D eigenvalue weighted by Crippen LogP contribution is -2.29. The number of ether oxygens (including phenoxy) is 2. The molecule has 0 spiro atoms. The minimum Gasteiger partial charge on any atom is -0.480 e. The molecular formula is C27H27N5O5S. The highest BCUT2D eigenvalue weighted by molar-refractivity contribution is 7.15. The van der Waals surface area contributed by atoms with Gasteiger partial charge in [0.2, 0.25) is 11.8 Å². The summed E-state index contributed by atoms with van der Waals surface area (Å²) in [7, 11) is 1.74. The van der Waals surface area contributed by atoms with Crippen molar-refractivity contribution in [2.24, 2.45) is 0 Å². The number of nitrogens with one attached hydrogen (secondary N) is 1. The number of rotatable bonds is 8. The van der Waals surface area contributed by atoms with Crippen molar-refractivity contribution in [2.45, 2.75) is 39.2 Å². The number of aryl methyl sites for hydroxylation is 1. The van der Waals surface area contributed by atoms with E-state index in [1.165, 1.54) is 11.3 Å². The molecule has 1 unspecified atom stereocenters. The maximum absolute atomic E-state index is 13.0. The van der Waals surface area contributed by atoms with Crippen molar-refractivity contribution >= 4 is 28.3 Å². The first kappa shape index (κ1) is 25.4. The zero-order valence-corrected chi connectivity index (χ0v) is 22.2. The Kier molecular flexibility index (Phi) is 7.10. The normalized spacial score (nSPS) is 15.2. The molecule has 38 heavy (non-hydrogen) atoms. The van der Waals surface area contributed by atoms with E-state index in [4.69, 9.17) is 13.9 Å². The molecule has 2 amide bonds. The fourth-order valence-electron chi connectivity index (χ4n) is 3.86. The Bertz CT molecular complexity index is 1460. The minimum absolute atomic E-state index is 0.0992. The fourth-order valence-corrected chi connectivity index (χ4v) is 4.52. The molecule has 196 valence electrons. The largest absolute Gasteiger partial charge is 0.480 e. The number of thiazole rings is 1. The second-order valence-electron chi connectivity index (χ2n) is 9.30. The number of hydrogen-bond donors (Lipinski definition) is 1. The van der Waals surface area contributed by atoms with E-state index in [1.807, 2.05) is 32.9 Å². The molecule has 2 aromatic heterocycles. The molecule has 10 nitrogen and oxygen atoms in total. The van der Waals surface area contributed by atoms with E-state index in [9.17, 15) is 9.59 Å². The highest BCUT2D eigenvalue weighted by Gasteiger charge is 2.31. The molecule has 1 atom stereocenters. The third kappa shape index (κ3) is 5.67. The summed E-state index contributed by atoms with van der Waals surface area (Å²) in [6, 6.07) is 12.1. The van der Waals surface area contributed by atoms with Crippen molar-refractivity contribution in [2.75, 3.05) is 18.9 Å². The summed E-state index contributed by atoms with van der Waals surface area (Å²) in [5.41, 5.74) is 1.07. The fraction of sp³-hybridized carbons (Fsp3) is 0.296. The van der Waals surface area contributed by atoms with Crippen LogP contribution in [0.5, 0.6) is 17.2 Å². The quantitative estimate of drug-likeness (QED) is 0.325. The van der Waals surface area contributed by atoms with Crippen molar-refractivity contribution in [3.05, 3.63) is 65.0 Å². The van der Waals surface area contributed by atoms with Crippen LogP contribution in [0.2, 0.25) is 0 Å². The molecular weight excluding hydrogens is 506 g/mol. The molecule has 0 saturated carbocycles. The molecule has 3 heterocycles. The maximum Gasteiger partial charge on any atom is 0.263 e. The summed E-state index contributed by atoms with van der Waals surface area (Å²) in [5.74, 6) is 1.96. The predicted octanol–water partition coefficient (Wildman–Crippen LogP) is 5.28. The number of carbonyl (C=O) groups is 2. The summed E-state index contributed by atoms with van der Waals surface area (Å²) in [6.07, 6.45) is 1.64. The molecule has 2 aromatic carbocycles. The lowest BCUT2D eigenvalue weighted by Gasteiger charge is -2.15. The van der Waals surface area contributed by atoms with Crippen molar-refractivity contribution in [1.82, 2.24) is 20.1 Å². The van der Waals surface area contributed by atoms with Crippen LogP contribution in [-0.4, -0.2) is 51.6 Å². The lowest BCUT2D eigenvalue weighted by molar-refractivity contribution is -0.132. The second kappa shape index (κ2) is 10.6. The predicted molar refractivity (Wildman–Crippen MR) is 142 cm³/mol. The zero-order chi connectivity index (χ0) is 26.8. The Morgan fingerprint density at radius 2 is 1.89 bits per heavy atom. The van der Waals surface area contributed by atoms with Gasteiger partial charge < -0.3 is 18.8 Å². The van der Waals surface area contributed by atoms with Gasteiger partial charge in [0.1, 0.15) is 17.2 Å². The van der Waals surface area contributed by atoms with Gasteiger partial charge in [-0.3, -0.25) is 14.9 Å². The van der Waals surface area contributed by atoms with E-state index in [1.54, 1.807) is 48.5 Å². The summed E-state index contributed by atoms with van der Waals surface area (Å²) in [5, 5.41) is 11.5. The Labute approximate surface area is 223 Å². The van der Waals surface area contributed by atoms with Crippen LogP contribution in [0.4, 0.5) is 5.13 Å². The van der Waals surface area contributed by atoms with Gasteiger partial charge in [-0.25, -0.2) is 4.98 Å². The van der Waals surface area contributed by atoms with Gasteiger partial charge in [-0.15, -0.1) is 21.5 Å². The van der Waals surface area contributed by atoms with Crippen LogP contribution in [0.1, 0.15) is 47.3 Å². The topological polar surface area (TPSA) is 120 Å². The molecule has 5 rings (SSSR count). The van der Waals surface area contributed by atoms with E-state index in [-0.39, 0.29) is 17.7 Å². The smallest absolute Gasteiger partial charge is 0.263 e. The van der Waals surface area contributed by atoms with Crippen LogP contribution < -0.4 is 14.8 Å². The highest BCUT2D eigenvalue weighted by atomic mass is 32.1. The van der Waals surface area contributed by atoms with Crippen molar-refractivity contribution in [1.29, 1.82) is 0 Å². The Morgan fingerprint density at radius 3 is 2.53 bits per heavy atom. The van der Waals surface area contributed by atoms with Gasteiger partial charge in [-0.1, -0.05) is 13.8 Å². The third-order valence-electron chi connectivity index (χ3n) is 5.91. The second-order valence-corrected chi connectivity index (χ2v) is 10.5. The molecule has 0 aliphatic carbocycles. The Hall–Kier alpha value is -4.25. The van der Waals surface area contributed by atoms with Crippen LogP contribution in [-0.2, 0) is 4.79 Å². The number of likely N-dealkylation sites (N-methyl/N-ethyl adjacent to an activating group) is 1. The summed E-state index contributed by atoms with van der Waals surface area (Å²) < 4.78 is 17.8. The first-order valence-corrected chi connectivity index (χ1v) is 13.0. The van der Waals surface area contributed by atoms with Crippen LogP contribution in [0.3, 0.4) is 0 Å². The number of nitrogens with zero attached hydrogens (tertiary/aromatic N) is 4. The zero-order valence-electron chi connectivity index (χ0n) is 21.4. The number of carbonyl (C=O) groups excluding carboxylic acids is 2. The molecule has 0 radical (unpaired) electrons. The first-order valence-electron chi connectivity index (χ1n) is 12.2. The monoisotopic (exact) mass is 533 g/mol. The van der Waals surface area contributed by atoms with E-state index in [2.05, 4.69) is 20.5 Å². The highest BCUT2D eigenvalue weighted by Crippen LogP contribution is 2.31. The summed E-state index contributed by atoms with van der Waals surface area (Å²) in [6.45, 7) is 6.50. The molecule has 1 saturated heterocycles. The van der Waals surface area contributed by atoms with Crippen molar-refractivity contribution in [3.63, 3.8) is 0 Å². The van der Waals surface area contributed by atoms with Crippen LogP contribution in [0, 0.1) is 6.92 Å². The van der Waals surface area contributed by atoms with E-state index < -0.39 is 6.10 Å². The number of likely N-dealkylation sites (tertiary alicyclic amines) is 1. The SMILES string of the molecule is Cc1cnc(NC(=O)c2cc(Oc3ccc(-c4nnc(C(C)C)o4)cc3)cc(OC3CCN(C)C3=O)c2)s1. The van der Waals surface area contributed by atoms with Crippen LogP contribution in [0.15, 0.2) is 53.1 Å². The molecule has 1 aliphatic heterocycles. The maximum atomic E-state index is 13.0. The average Bonchev–Trinajstić information content (AvgIpc) is 3.62. The van der Waals surface area contributed by atoms with Crippen LogP contribution >= 0.6 is 11.3 Å². The first-order chi connectivity index (χ1) is 18.2. The van der Waals surface area contributed by atoms with Gasteiger partial charge in [-0.2, -0.15) is 0 Å². The number of hydrogen-bond acceptors (Lipinski definition) is 9. The van der Waals surface area contributed by atoms with Crippen LogP contribution in [0.25, 0.3) is 11.5 Å². The minimum atomic E-state index is -0.614. The van der Waals surface area contributed by atoms with Gasteiger partial charge in [0, 0.05) is 54.2 Å². The van der Waals surface area contributed by atoms with Crippen molar-refractivity contribution in [3.8, 4) is 28.7 Å². The van der Waals surface area contributed by atoms with E-state index in [0.717, 1.165) is 10.4 Å². The van der Waals surface area contributed by atoms with Gasteiger partial charge in [0.25, 0.3) is 11.8 Å². The van der Waals surface area contributed by atoms with Gasteiger partial charge >= 0.3 is 0 Å². The Morgan fingerprint density at radius 1 is 1.13 bits per heavy atom. The molecule has 1 fully saturated rings. The summed E-state index contributed by atoms with van der Waals surface area (Å²) >= 11 is 1.38. The van der Waals surface area contributed by atoms with Crippen molar-refractivity contribution < 1.29 is 23.5 Å². The molecule has 0 bridgehead atoms. The standard InChI is InChI=1S/C27H27N5O5S/c1-15(2)24-30-31-25(37-24)17-5-7-19(8-6-17)35-20-11-18(23(33)29-27-28-14-16(3)38-27)12-21(13-20)36-22-9-10-32(4)26(22)34/h5-8,11-15,22H,9-10H2,1-4H3,(H,28,29,33). The van der Waals surface area contributed by atoms with E-state index >= 15 is 0 Å². The third-order valence-corrected chi connectivity index (χ3v) is 6.74. The van der Waals surface area contributed by atoms with Gasteiger partial charge in [0.15, 0.2) is 11.2 Å². The molecule has 1 aliphatic rings. The number of amides is 2. The summed E-state index contributed by atoms with van der Waals surface area (Å²) in [4.78, 5) is 32.2. The van der Waals surface area contributed by atoms with Gasteiger partial charge in [0.05, 0.1) is 0 Å².